The Morgan fingerprint density at radius 1 is 1.27 bits per heavy atom. The van der Waals surface area contributed by atoms with E-state index >= 15 is 0 Å². The second-order valence-electron chi connectivity index (χ2n) is 9.09. The van der Waals surface area contributed by atoms with Gasteiger partial charge in [-0.2, -0.15) is 0 Å². The Bertz CT molecular complexity index is 1200. The molecule has 0 bridgehead atoms. The Hall–Kier alpha value is -3.13. The van der Waals surface area contributed by atoms with Gasteiger partial charge in [0, 0.05) is 70.4 Å². The number of benzene rings is 1. The summed E-state index contributed by atoms with van der Waals surface area (Å²) in [6.45, 7) is 5.02. The van der Waals surface area contributed by atoms with Crippen molar-refractivity contribution in [2.45, 2.75) is 45.3 Å². The molecule has 33 heavy (non-hydrogen) atoms. The van der Waals surface area contributed by atoms with E-state index in [-0.39, 0.29) is 11.9 Å². The third-order valence-electron chi connectivity index (χ3n) is 7.03. The lowest BCUT2D eigenvalue weighted by atomic mass is 10.0. The van der Waals surface area contributed by atoms with Crippen molar-refractivity contribution in [2.24, 2.45) is 7.05 Å². The smallest absolute Gasteiger partial charge is 0.220 e. The minimum atomic E-state index is -0.0247. The lowest BCUT2D eigenvalue weighted by Gasteiger charge is -2.30. The van der Waals surface area contributed by atoms with Crippen LogP contribution in [-0.4, -0.2) is 57.5 Å². The number of ether oxygens (including phenoxy) is 1. The van der Waals surface area contributed by atoms with Crippen LogP contribution in [-0.2, 0) is 31.4 Å². The second kappa shape index (κ2) is 8.67. The third-order valence-corrected chi connectivity index (χ3v) is 7.03. The minimum Gasteiger partial charge on any atom is -0.497 e. The highest BCUT2D eigenvalue weighted by Gasteiger charge is 2.32. The maximum Gasteiger partial charge on any atom is 0.220 e. The minimum absolute atomic E-state index is 0.0247. The van der Waals surface area contributed by atoms with Crippen molar-refractivity contribution in [1.82, 2.24) is 24.3 Å². The molecule has 8 heteroatoms. The first-order chi connectivity index (χ1) is 16.0. The van der Waals surface area contributed by atoms with E-state index in [1.807, 2.05) is 18.0 Å². The fourth-order valence-electron chi connectivity index (χ4n) is 5.35. The van der Waals surface area contributed by atoms with Crippen molar-refractivity contribution < 1.29 is 9.53 Å². The van der Waals surface area contributed by atoms with Gasteiger partial charge in [0.15, 0.2) is 5.82 Å². The Morgan fingerprint density at radius 3 is 2.88 bits per heavy atom. The van der Waals surface area contributed by atoms with Crippen LogP contribution < -0.4 is 10.1 Å². The molecule has 8 nitrogen and oxygen atoms in total. The molecule has 3 aromatic rings. The third kappa shape index (κ3) is 3.93. The van der Waals surface area contributed by atoms with Crippen LogP contribution in [0.1, 0.15) is 48.5 Å². The maximum absolute atomic E-state index is 12.1. The van der Waals surface area contributed by atoms with E-state index in [4.69, 9.17) is 14.7 Å². The molecular formula is C25H32N6O2. The average molecular weight is 449 g/mol. The lowest BCUT2D eigenvalue weighted by molar-refractivity contribution is -0.129. The lowest BCUT2D eigenvalue weighted by Crippen LogP contribution is -2.33. The molecule has 1 amide bonds. The van der Waals surface area contributed by atoms with Gasteiger partial charge < -0.3 is 19.5 Å². The zero-order chi connectivity index (χ0) is 23.1. The average Bonchev–Trinajstić information content (AvgIpc) is 3.43. The van der Waals surface area contributed by atoms with Gasteiger partial charge >= 0.3 is 0 Å². The first-order valence-electron chi connectivity index (χ1n) is 11.7. The van der Waals surface area contributed by atoms with Crippen molar-refractivity contribution in [1.29, 1.82) is 0 Å². The summed E-state index contributed by atoms with van der Waals surface area (Å²) >= 11 is 0. The second-order valence-corrected chi connectivity index (χ2v) is 9.09. The van der Waals surface area contributed by atoms with Crippen LogP contribution in [0.4, 0.5) is 5.82 Å². The van der Waals surface area contributed by atoms with Crippen LogP contribution in [0.15, 0.2) is 24.4 Å². The molecule has 1 aromatic carbocycles. The summed E-state index contributed by atoms with van der Waals surface area (Å²) in [5.41, 5.74) is 4.76. The van der Waals surface area contributed by atoms with Gasteiger partial charge in [0.25, 0.3) is 0 Å². The van der Waals surface area contributed by atoms with E-state index in [1.54, 1.807) is 14.0 Å². The summed E-state index contributed by atoms with van der Waals surface area (Å²) in [6.07, 6.45) is 5.04. The van der Waals surface area contributed by atoms with Gasteiger partial charge in [0.1, 0.15) is 11.6 Å². The van der Waals surface area contributed by atoms with Crippen molar-refractivity contribution in [3.05, 3.63) is 47.0 Å². The van der Waals surface area contributed by atoms with Crippen molar-refractivity contribution >= 4 is 22.6 Å². The standard InChI is InChI=1S/C25H32N6O2/c1-16(32)31-10-5-6-22(31)25-27-21-15-30(11-9-20(21)24(26-2)28-25)14-17-13-29(3)23-12-18(33-4)7-8-19(17)23/h7-8,12-13,22H,5-6,9-11,14-15H2,1-4H3,(H,26,27,28)/t22-/m0/s1. The number of hydrogen-bond donors (Lipinski definition) is 1. The molecule has 0 unspecified atom stereocenters. The van der Waals surface area contributed by atoms with Crippen LogP contribution in [0.5, 0.6) is 5.75 Å². The number of aromatic nitrogens is 3. The number of carbonyl (C=O) groups is 1. The zero-order valence-corrected chi connectivity index (χ0v) is 19.9. The molecule has 0 aliphatic carbocycles. The molecule has 0 radical (unpaired) electrons. The Morgan fingerprint density at radius 2 is 2.12 bits per heavy atom. The van der Waals surface area contributed by atoms with Gasteiger partial charge in [0.05, 0.1) is 24.4 Å². The summed E-state index contributed by atoms with van der Waals surface area (Å²) in [6, 6.07) is 6.24. The summed E-state index contributed by atoms with van der Waals surface area (Å²) in [7, 11) is 5.70. The van der Waals surface area contributed by atoms with Gasteiger partial charge in [-0.1, -0.05) is 0 Å². The molecular weight excluding hydrogens is 416 g/mol. The number of amides is 1. The van der Waals surface area contributed by atoms with Gasteiger partial charge in [-0.3, -0.25) is 9.69 Å². The molecule has 174 valence electrons. The first-order valence-corrected chi connectivity index (χ1v) is 11.7. The van der Waals surface area contributed by atoms with Crippen LogP contribution in [0.25, 0.3) is 10.9 Å². The number of rotatable bonds is 5. The number of aryl methyl sites for hydroxylation is 1. The number of carbonyl (C=O) groups excluding carboxylic acids is 1. The Balaban J connectivity index is 1.42. The van der Waals surface area contributed by atoms with Crippen LogP contribution in [0, 0.1) is 0 Å². The van der Waals surface area contributed by atoms with Crippen LogP contribution in [0.2, 0.25) is 0 Å². The summed E-state index contributed by atoms with van der Waals surface area (Å²) in [5, 5.41) is 4.53. The number of anilines is 1. The van der Waals surface area contributed by atoms with Crippen LogP contribution >= 0.6 is 0 Å². The number of nitrogens with zero attached hydrogens (tertiary/aromatic N) is 5. The zero-order valence-electron chi connectivity index (χ0n) is 19.9. The van der Waals surface area contributed by atoms with E-state index in [2.05, 4.69) is 40.2 Å². The largest absolute Gasteiger partial charge is 0.497 e. The summed E-state index contributed by atoms with van der Waals surface area (Å²) < 4.78 is 7.57. The molecule has 4 heterocycles. The molecule has 0 spiro atoms. The molecule has 1 atom stereocenters. The Kier molecular flexibility index (Phi) is 5.70. The quantitative estimate of drug-likeness (QED) is 0.646. The van der Waals surface area contributed by atoms with Gasteiger partial charge in [0.2, 0.25) is 5.91 Å². The van der Waals surface area contributed by atoms with E-state index in [0.717, 1.165) is 68.5 Å². The SMILES string of the molecule is CNc1nc([C@@H]2CCCN2C(C)=O)nc2c1CCN(Cc1cn(C)c3cc(OC)ccc13)C2. The van der Waals surface area contributed by atoms with Crippen molar-refractivity contribution in [2.75, 3.05) is 32.6 Å². The first kappa shape index (κ1) is 21.7. The molecule has 1 saturated heterocycles. The van der Waals surface area contributed by atoms with Gasteiger partial charge in [-0.05, 0) is 37.0 Å². The van der Waals surface area contributed by atoms with E-state index < -0.39 is 0 Å². The molecule has 0 saturated carbocycles. The van der Waals surface area contributed by atoms with Crippen molar-refractivity contribution in [3.63, 3.8) is 0 Å². The van der Waals surface area contributed by atoms with E-state index in [1.165, 1.54) is 22.0 Å². The van der Waals surface area contributed by atoms with Gasteiger partial charge in [-0.15, -0.1) is 0 Å². The maximum atomic E-state index is 12.1. The predicted molar refractivity (Wildman–Crippen MR) is 128 cm³/mol. The molecule has 2 aliphatic heterocycles. The van der Waals surface area contributed by atoms with Gasteiger partial charge in [-0.25, -0.2) is 9.97 Å². The number of nitrogens with one attached hydrogen (secondary N) is 1. The molecule has 5 rings (SSSR count). The highest BCUT2D eigenvalue weighted by atomic mass is 16.5. The molecule has 2 aliphatic rings. The molecule has 1 N–H and O–H groups in total. The monoisotopic (exact) mass is 448 g/mol. The fraction of sp³-hybridized carbons (Fsp3) is 0.480. The number of fused-ring (bicyclic) bond motifs is 2. The van der Waals surface area contributed by atoms with E-state index in [9.17, 15) is 4.79 Å². The predicted octanol–water partition coefficient (Wildman–Crippen LogP) is 3.26. The van der Waals surface area contributed by atoms with Crippen LogP contribution in [0.3, 0.4) is 0 Å². The number of methoxy groups -OCH3 is 1. The molecule has 1 fully saturated rings. The van der Waals surface area contributed by atoms with E-state index in [0.29, 0.717) is 0 Å². The highest BCUT2D eigenvalue weighted by Crippen LogP contribution is 2.34. The molecule has 2 aromatic heterocycles. The Labute approximate surface area is 194 Å². The summed E-state index contributed by atoms with van der Waals surface area (Å²) in [4.78, 5) is 26.3. The number of likely N-dealkylation sites (tertiary alicyclic amines) is 1. The fourth-order valence-corrected chi connectivity index (χ4v) is 5.35. The van der Waals surface area contributed by atoms with Crippen molar-refractivity contribution in [3.8, 4) is 5.75 Å². The normalized spacial score (nSPS) is 18.5. The topological polar surface area (TPSA) is 75.5 Å². The summed E-state index contributed by atoms with van der Waals surface area (Å²) in [5.74, 6) is 2.64. The highest BCUT2D eigenvalue weighted by molar-refractivity contribution is 5.85. The number of hydrogen-bond acceptors (Lipinski definition) is 6.